The summed E-state index contributed by atoms with van der Waals surface area (Å²) in [5, 5.41) is 2.97. The van der Waals surface area contributed by atoms with E-state index >= 15 is 0 Å². The molecule has 0 spiro atoms. The van der Waals surface area contributed by atoms with Gasteiger partial charge in [-0.1, -0.05) is 13.8 Å². The Morgan fingerprint density at radius 3 is 2.62 bits per heavy atom. The quantitative estimate of drug-likeness (QED) is 0.822. The molecular weight excluding hydrogens is 262 g/mol. The molecule has 0 saturated carbocycles. The highest BCUT2D eigenvalue weighted by Crippen LogP contribution is 2.36. The average Bonchev–Trinajstić information content (AvgIpc) is 2.47. The summed E-state index contributed by atoms with van der Waals surface area (Å²) >= 11 is 0. The van der Waals surface area contributed by atoms with E-state index in [1.165, 1.54) is 12.8 Å². The summed E-state index contributed by atoms with van der Waals surface area (Å²) in [5.41, 5.74) is 10.3. The number of hydrogen-bond donors (Lipinski definition) is 2. The molecule has 3 rings (SSSR count). The number of amides is 1. The molecule has 3 N–H and O–H groups in total. The molecule has 1 aromatic rings. The fraction of sp³-hybridized carbons (Fsp3) is 0.588. The number of nitrogens with one attached hydrogen (secondary N) is 1. The second-order valence-electron chi connectivity index (χ2n) is 6.68. The molecule has 4 nitrogen and oxygen atoms in total. The van der Waals surface area contributed by atoms with Crippen LogP contribution in [-0.2, 0) is 11.2 Å². The average molecular weight is 287 g/mol. The Balaban J connectivity index is 1.80. The molecular formula is C17H25N3O. The van der Waals surface area contributed by atoms with Crippen LogP contribution in [0.15, 0.2) is 12.1 Å². The predicted molar refractivity (Wildman–Crippen MR) is 87.6 cm³/mol. The molecule has 1 fully saturated rings. The lowest BCUT2D eigenvalue weighted by molar-refractivity contribution is -0.116. The highest BCUT2D eigenvalue weighted by Gasteiger charge is 2.24. The summed E-state index contributed by atoms with van der Waals surface area (Å²) in [4.78, 5) is 13.9. The zero-order valence-corrected chi connectivity index (χ0v) is 13.0. The van der Waals surface area contributed by atoms with Crippen LogP contribution in [0.4, 0.5) is 17.1 Å². The Kier molecular flexibility index (Phi) is 3.79. The number of anilines is 3. The first-order valence-corrected chi connectivity index (χ1v) is 8.02. The molecule has 0 atom stereocenters. The van der Waals surface area contributed by atoms with Gasteiger partial charge < -0.3 is 16.0 Å². The Hall–Kier alpha value is -1.71. The number of fused-ring (bicyclic) bond motifs is 1. The second kappa shape index (κ2) is 5.58. The summed E-state index contributed by atoms with van der Waals surface area (Å²) in [7, 11) is 0. The van der Waals surface area contributed by atoms with Gasteiger partial charge in [0, 0.05) is 25.2 Å². The van der Waals surface area contributed by atoms with Crippen LogP contribution in [0.25, 0.3) is 0 Å². The maximum atomic E-state index is 11.6. The van der Waals surface area contributed by atoms with Crippen molar-refractivity contribution < 1.29 is 4.79 Å². The molecule has 1 aromatic carbocycles. The van der Waals surface area contributed by atoms with Crippen LogP contribution in [0.5, 0.6) is 0 Å². The van der Waals surface area contributed by atoms with Crippen molar-refractivity contribution >= 4 is 23.0 Å². The number of carbonyl (C=O) groups is 1. The van der Waals surface area contributed by atoms with Gasteiger partial charge in [0.05, 0.1) is 11.4 Å². The highest BCUT2D eigenvalue weighted by molar-refractivity contribution is 5.95. The third-order valence-corrected chi connectivity index (χ3v) is 4.97. The van der Waals surface area contributed by atoms with Crippen LogP contribution in [0.2, 0.25) is 0 Å². The minimum Gasteiger partial charge on any atom is -0.397 e. The number of nitrogens with zero attached hydrogens (tertiary/aromatic N) is 1. The standard InChI is InChI=1S/C17H25N3O/c1-11(2)12-5-7-20(8-6-12)16-10-15-13(9-14(16)18)3-4-17(21)19-15/h9-12H,3-8,18H2,1-2H3,(H,19,21). The largest absolute Gasteiger partial charge is 0.397 e. The normalized spacial score (nSPS) is 19.6. The van der Waals surface area contributed by atoms with Gasteiger partial charge in [0.1, 0.15) is 0 Å². The summed E-state index contributed by atoms with van der Waals surface area (Å²) in [6, 6.07) is 4.11. The van der Waals surface area contributed by atoms with Gasteiger partial charge >= 0.3 is 0 Å². The fourth-order valence-electron chi connectivity index (χ4n) is 3.52. The van der Waals surface area contributed by atoms with Crippen molar-refractivity contribution in [1.29, 1.82) is 0 Å². The van der Waals surface area contributed by atoms with E-state index < -0.39 is 0 Å². The summed E-state index contributed by atoms with van der Waals surface area (Å²) in [6.45, 7) is 6.73. The lowest BCUT2D eigenvalue weighted by atomic mass is 9.86. The minimum absolute atomic E-state index is 0.108. The Morgan fingerprint density at radius 2 is 1.95 bits per heavy atom. The zero-order chi connectivity index (χ0) is 15.0. The third kappa shape index (κ3) is 2.85. The molecule has 0 bridgehead atoms. The molecule has 2 aliphatic heterocycles. The third-order valence-electron chi connectivity index (χ3n) is 4.97. The van der Waals surface area contributed by atoms with Crippen molar-refractivity contribution in [3.63, 3.8) is 0 Å². The van der Waals surface area contributed by atoms with Gasteiger partial charge in [-0.05, 0) is 48.8 Å². The van der Waals surface area contributed by atoms with Crippen molar-refractivity contribution in [3.8, 4) is 0 Å². The molecule has 0 aromatic heterocycles. The van der Waals surface area contributed by atoms with Crippen molar-refractivity contribution in [2.45, 2.75) is 39.5 Å². The van der Waals surface area contributed by atoms with E-state index in [1.54, 1.807) is 0 Å². The van der Waals surface area contributed by atoms with Crippen LogP contribution in [0, 0.1) is 11.8 Å². The Morgan fingerprint density at radius 1 is 1.24 bits per heavy atom. The van der Waals surface area contributed by atoms with Gasteiger partial charge in [0.25, 0.3) is 0 Å². The first-order chi connectivity index (χ1) is 10.0. The molecule has 2 aliphatic rings. The zero-order valence-electron chi connectivity index (χ0n) is 13.0. The maximum Gasteiger partial charge on any atom is 0.224 e. The molecule has 1 amide bonds. The fourth-order valence-corrected chi connectivity index (χ4v) is 3.52. The molecule has 4 heteroatoms. The molecule has 2 heterocycles. The van der Waals surface area contributed by atoms with Crippen LogP contribution < -0.4 is 16.0 Å². The number of benzene rings is 1. The monoisotopic (exact) mass is 287 g/mol. The number of nitrogen functional groups attached to an aromatic ring is 1. The van der Waals surface area contributed by atoms with E-state index in [4.69, 9.17) is 5.73 Å². The molecule has 114 valence electrons. The number of nitrogens with two attached hydrogens (primary N) is 1. The molecule has 0 radical (unpaired) electrons. The van der Waals surface area contributed by atoms with Crippen molar-refractivity contribution in [1.82, 2.24) is 0 Å². The van der Waals surface area contributed by atoms with E-state index in [0.29, 0.717) is 6.42 Å². The number of hydrogen-bond acceptors (Lipinski definition) is 3. The minimum atomic E-state index is 0.108. The summed E-state index contributed by atoms with van der Waals surface area (Å²) in [6.07, 6.45) is 3.80. The van der Waals surface area contributed by atoms with Gasteiger partial charge in [0.15, 0.2) is 0 Å². The summed E-state index contributed by atoms with van der Waals surface area (Å²) in [5.74, 6) is 1.68. The topological polar surface area (TPSA) is 58.4 Å². The van der Waals surface area contributed by atoms with E-state index in [0.717, 1.165) is 54.0 Å². The first kappa shape index (κ1) is 14.2. The van der Waals surface area contributed by atoms with Crippen molar-refractivity contribution in [3.05, 3.63) is 17.7 Å². The van der Waals surface area contributed by atoms with Crippen LogP contribution in [0.3, 0.4) is 0 Å². The second-order valence-corrected chi connectivity index (χ2v) is 6.68. The summed E-state index contributed by atoms with van der Waals surface area (Å²) < 4.78 is 0. The van der Waals surface area contributed by atoms with Gasteiger partial charge in [-0.25, -0.2) is 0 Å². The van der Waals surface area contributed by atoms with Gasteiger partial charge in [0.2, 0.25) is 5.91 Å². The van der Waals surface area contributed by atoms with E-state index in [-0.39, 0.29) is 5.91 Å². The smallest absolute Gasteiger partial charge is 0.224 e. The van der Waals surface area contributed by atoms with Crippen LogP contribution >= 0.6 is 0 Å². The van der Waals surface area contributed by atoms with E-state index in [9.17, 15) is 4.79 Å². The van der Waals surface area contributed by atoms with Crippen molar-refractivity contribution in [2.24, 2.45) is 11.8 Å². The van der Waals surface area contributed by atoms with Gasteiger partial charge in [-0.3, -0.25) is 4.79 Å². The number of piperidine rings is 1. The Labute approximate surface area is 126 Å². The number of aryl methyl sites for hydroxylation is 1. The lowest BCUT2D eigenvalue weighted by Gasteiger charge is -2.36. The number of carbonyl (C=O) groups excluding carboxylic acids is 1. The van der Waals surface area contributed by atoms with E-state index in [2.05, 4.69) is 30.1 Å². The first-order valence-electron chi connectivity index (χ1n) is 8.02. The number of rotatable bonds is 2. The highest BCUT2D eigenvalue weighted by atomic mass is 16.1. The molecule has 0 unspecified atom stereocenters. The molecule has 0 aliphatic carbocycles. The van der Waals surface area contributed by atoms with Crippen LogP contribution in [0.1, 0.15) is 38.7 Å². The van der Waals surface area contributed by atoms with Crippen molar-refractivity contribution in [2.75, 3.05) is 29.0 Å². The molecule has 21 heavy (non-hydrogen) atoms. The van der Waals surface area contributed by atoms with E-state index in [1.807, 2.05) is 6.07 Å². The predicted octanol–water partition coefficient (Wildman–Crippen LogP) is 3.03. The Bertz CT molecular complexity index is 545. The van der Waals surface area contributed by atoms with Gasteiger partial charge in [-0.15, -0.1) is 0 Å². The van der Waals surface area contributed by atoms with Crippen LogP contribution in [-0.4, -0.2) is 19.0 Å². The lowest BCUT2D eigenvalue weighted by Crippen LogP contribution is -2.35. The molecule has 1 saturated heterocycles. The van der Waals surface area contributed by atoms with Gasteiger partial charge in [-0.2, -0.15) is 0 Å². The SMILES string of the molecule is CC(C)C1CCN(c2cc3c(cc2N)CCC(=O)N3)CC1. The maximum absolute atomic E-state index is 11.6.